The zero-order chi connectivity index (χ0) is 13.9. The summed E-state index contributed by atoms with van der Waals surface area (Å²) in [6.45, 7) is 3.64. The van der Waals surface area contributed by atoms with Crippen LogP contribution in [-0.4, -0.2) is 55.8 Å². The lowest BCUT2D eigenvalue weighted by molar-refractivity contribution is -0.126. The highest BCUT2D eigenvalue weighted by molar-refractivity contribution is 7.99. The van der Waals surface area contributed by atoms with E-state index in [1.54, 1.807) is 7.05 Å². The number of hydrogen-bond donors (Lipinski definition) is 2. The maximum Gasteiger partial charge on any atom is 0.238 e. The Morgan fingerprint density at radius 1 is 1.50 bits per heavy atom. The molecule has 1 saturated heterocycles. The Morgan fingerprint density at radius 2 is 2.35 bits per heavy atom. The van der Waals surface area contributed by atoms with Gasteiger partial charge in [-0.2, -0.15) is 0 Å². The summed E-state index contributed by atoms with van der Waals surface area (Å²) in [4.78, 5) is 15.7. The Kier molecular flexibility index (Phi) is 4.29. The maximum absolute atomic E-state index is 12.0. The third-order valence-electron chi connectivity index (χ3n) is 4.16. The standard InChI is InChI=1S/C15H21N3OS/c1-16-15(19)13-8-17-6-7-18(13)9-11-10-20-14-5-3-2-4-12(11)14/h2-5,11,13,17H,6-10H2,1H3,(H,16,19). The summed E-state index contributed by atoms with van der Waals surface area (Å²) < 4.78 is 0. The summed E-state index contributed by atoms with van der Waals surface area (Å²) >= 11 is 1.94. The van der Waals surface area contributed by atoms with Crippen molar-refractivity contribution in [2.75, 3.05) is 39.0 Å². The number of hydrogen-bond acceptors (Lipinski definition) is 4. The summed E-state index contributed by atoms with van der Waals surface area (Å²) in [5.74, 6) is 1.79. The van der Waals surface area contributed by atoms with Crippen molar-refractivity contribution < 1.29 is 4.79 Å². The van der Waals surface area contributed by atoms with Gasteiger partial charge in [0.2, 0.25) is 5.91 Å². The second-order valence-electron chi connectivity index (χ2n) is 5.37. The predicted octanol–water partition coefficient (Wildman–Crippen LogP) is 0.896. The van der Waals surface area contributed by atoms with Crippen LogP contribution in [0.3, 0.4) is 0 Å². The normalized spacial score (nSPS) is 26.2. The number of amides is 1. The first-order valence-electron chi connectivity index (χ1n) is 7.17. The van der Waals surface area contributed by atoms with E-state index in [-0.39, 0.29) is 11.9 Å². The number of benzene rings is 1. The molecule has 2 aliphatic rings. The summed E-state index contributed by atoms with van der Waals surface area (Å²) in [5.41, 5.74) is 1.45. The molecule has 1 aromatic rings. The fraction of sp³-hybridized carbons (Fsp3) is 0.533. The topological polar surface area (TPSA) is 44.4 Å². The van der Waals surface area contributed by atoms with Crippen molar-refractivity contribution in [1.29, 1.82) is 0 Å². The van der Waals surface area contributed by atoms with Crippen molar-refractivity contribution in [3.8, 4) is 0 Å². The summed E-state index contributed by atoms with van der Waals surface area (Å²) in [5, 5.41) is 6.10. The van der Waals surface area contributed by atoms with Crippen molar-refractivity contribution in [2.45, 2.75) is 16.9 Å². The minimum atomic E-state index is -0.0356. The molecule has 2 atom stereocenters. The molecule has 108 valence electrons. The average Bonchev–Trinajstić information content (AvgIpc) is 2.90. The number of piperazine rings is 1. The van der Waals surface area contributed by atoms with Crippen LogP contribution in [0, 0.1) is 0 Å². The van der Waals surface area contributed by atoms with Gasteiger partial charge in [0.15, 0.2) is 0 Å². The fourth-order valence-electron chi connectivity index (χ4n) is 3.05. The largest absolute Gasteiger partial charge is 0.358 e. The van der Waals surface area contributed by atoms with Crippen molar-refractivity contribution >= 4 is 17.7 Å². The Balaban J connectivity index is 1.72. The molecule has 1 aromatic carbocycles. The molecule has 2 heterocycles. The molecule has 5 heteroatoms. The molecular weight excluding hydrogens is 270 g/mol. The lowest BCUT2D eigenvalue weighted by Crippen LogP contribution is -2.58. The molecular formula is C15H21N3OS. The second-order valence-corrected chi connectivity index (χ2v) is 6.44. The van der Waals surface area contributed by atoms with Gasteiger partial charge >= 0.3 is 0 Å². The van der Waals surface area contributed by atoms with E-state index in [0.717, 1.165) is 31.9 Å². The van der Waals surface area contributed by atoms with Crippen molar-refractivity contribution in [2.24, 2.45) is 0 Å². The maximum atomic E-state index is 12.0. The number of carbonyl (C=O) groups is 1. The molecule has 0 spiro atoms. The molecule has 1 amide bonds. The number of rotatable bonds is 3. The lowest BCUT2D eigenvalue weighted by Gasteiger charge is -2.36. The molecule has 0 radical (unpaired) electrons. The van der Waals surface area contributed by atoms with Crippen LogP contribution in [-0.2, 0) is 4.79 Å². The molecule has 2 N–H and O–H groups in total. The SMILES string of the molecule is CNC(=O)C1CNCCN1CC1CSc2ccccc21. The van der Waals surface area contributed by atoms with Gasteiger partial charge in [-0.3, -0.25) is 9.69 Å². The van der Waals surface area contributed by atoms with Crippen LogP contribution in [0.15, 0.2) is 29.2 Å². The molecule has 4 nitrogen and oxygen atoms in total. The van der Waals surface area contributed by atoms with E-state index in [1.807, 2.05) is 11.8 Å². The number of thioether (sulfide) groups is 1. The predicted molar refractivity (Wildman–Crippen MR) is 82.2 cm³/mol. The van der Waals surface area contributed by atoms with E-state index >= 15 is 0 Å². The second kappa shape index (κ2) is 6.16. The number of likely N-dealkylation sites (N-methyl/N-ethyl adjacent to an activating group) is 1. The van der Waals surface area contributed by atoms with E-state index in [1.165, 1.54) is 10.5 Å². The van der Waals surface area contributed by atoms with Crippen molar-refractivity contribution in [1.82, 2.24) is 15.5 Å². The van der Waals surface area contributed by atoms with Gasteiger partial charge in [0.1, 0.15) is 6.04 Å². The van der Waals surface area contributed by atoms with Crippen LogP contribution in [0.25, 0.3) is 0 Å². The zero-order valence-electron chi connectivity index (χ0n) is 11.8. The number of nitrogens with zero attached hydrogens (tertiary/aromatic N) is 1. The Morgan fingerprint density at radius 3 is 3.20 bits per heavy atom. The van der Waals surface area contributed by atoms with Crippen LogP contribution in [0.4, 0.5) is 0 Å². The third-order valence-corrected chi connectivity index (χ3v) is 5.41. The highest BCUT2D eigenvalue weighted by atomic mass is 32.2. The van der Waals surface area contributed by atoms with Crippen LogP contribution < -0.4 is 10.6 Å². The average molecular weight is 291 g/mol. The smallest absolute Gasteiger partial charge is 0.238 e. The first-order chi connectivity index (χ1) is 9.79. The lowest BCUT2D eigenvalue weighted by atomic mass is 9.99. The Bertz CT molecular complexity index is 494. The van der Waals surface area contributed by atoms with E-state index < -0.39 is 0 Å². The molecule has 3 rings (SSSR count). The van der Waals surface area contributed by atoms with Gasteiger partial charge in [-0.25, -0.2) is 0 Å². The van der Waals surface area contributed by atoms with Crippen LogP contribution in [0.1, 0.15) is 11.5 Å². The van der Waals surface area contributed by atoms with Gasteiger partial charge in [0.05, 0.1) is 0 Å². The first kappa shape index (κ1) is 13.9. The first-order valence-corrected chi connectivity index (χ1v) is 8.16. The molecule has 1 fully saturated rings. The quantitative estimate of drug-likeness (QED) is 0.868. The van der Waals surface area contributed by atoms with E-state index in [2.05, 4.69) is 39.8 Å². The van der Waals surface area contributed by atoms with Gasteiger partial charge in [-0.15, -0.1) is 11.8 Å². The fourth-order valence-corrected chi connectivity index (χ4v) is 4.30. The summed E-state index contributed by atoms with van der Waals surface area (Å²) in [7, 11) is 1.72. The van der Waals surface area contributed by atoms with Gasteiger partial charge in [-0.05, 0) is 11.6 Å². The molecule has 0 saturated carbocycles. The third kappa shape index (κ3) is 2.71. The molecule has 0 aliphatic carbocycles. The molecule has 0 bridgehead atoms. The molecule has 0 aromatic heterocycles. The van der Waals surface area contributed by atoms with Crippen molar-refractivity contribution in [3.63, 3.8) is 0 Å². The van der Waals surface area contributed by atoms with Crippen molar-refractivity contribution in [3.05, 3.63) is 29.8 Å². The Labute approximate surface area is 124 Å². The molecule has 2 aliphatic heterocycles. The summed E-state index contributed by atoms with van der Waals surface area (Å²) in [6.07, 6.45) is 0. The van der Waals surface area contributed by atoms with Crippen LogP contribution in [0.5, 0.6) is 0 Å². The van der Waals surface area contributed by atoms with E-state index in [0.29, 0.717) is 5.92 Å². The monoisotopic (exact) mass is 291 g/mol. The molecule has 20 heavy (non-hydrogen) atoms. The van der Waals surface area contributed by atoms with Gasteiger partial charge in [-0.1, -0.05) is 18.2 Å². The van der Waals surface area contributed by atoms with E-state index in [9.17, 15) is 4.79 Å². The number of carbonyl (C=O) groups excluding carboxylic acids is 1. The summed E-state index contributed by atoms with van der Waals surface area (Å²) in [6, 6.07) is 8.62. The van der Waals surface area contributed by atoms with Gasteiger partial charge < -0.3 is 10.6 Å². The zero-order valence-corrected chi connectivity index (χ0v) is 12.6. The van der Waals surface area contributed by atoms with Crippen LogP contribution in [0.2, 0.25) is 0 Å². The minimum Gasteiger partial charge on any atom is -0.358 e. The van der Waals surface area contributed by atoms with Gasteiger partial charge in [0, 0.05) is 49.8 Å². The van der Waals surface area contributed by atoms with Gasteiger partial charge in [0.25, 0.3) is 0 Å². The van der Waals surface area contributed by atoms with E-state index in [4.69, 9.17) is 0 Å². The number of fused-ring (bicyclic) bond motifs is 1. The molecule has 2 unspecified atom stereocenters. The highest BCUT2D eigenvalue weighted by Crippen LogP contribution is 2.39. The highest BCUT2D eigenvalue weighted by Gasteiger charge is 2.32. The van der Waals surface area contributed by atoms with Crippen LogP contribution >= 0.6 is 11.8 Å². The Hall–Kier alpha value is -1.04. The number of nitrogens with one attached hydrogen (secondary N) is 2. The minimum absolute atomic E-state index is 0.0356.